The van der Waals surface area contributed by atoms with Crippen LogP contribution >= 0.6 is 0 Å². The topological polar surface area (TPSA) is 58.7 Å². The third-order valence-electron chi connectivity index (χ3n) is 4.91. The molecule has 0 N–H and O–H groups in total. The summed E-state index contributed by atoms with van der Waals surface area (Å²) < 4.78 is 0. The van der Waals surface area contributed by atoms with Gasteiger partial charge in [0.2, 0.25) is 0 Å². The second-order valence-electron chi connectivity index (χ2n) is 6.34. The third-order valence-corrected chi connectivity index (χ3v) is 4.91. The van der Waals surface area contributed by atoms with Gasteiger partial charge >= 0.3 is 0 Å². The van der Waals surface area contributed by atoms with Gasteiger partial charge in [-0.05, 0) is 62.4 Å². The quantitative estimate of drug-likeness (QED) is 0.487. The Hall–Kier alpha value is -1.75. The minimum Gasteiger partial charge on any atom is -0.300 e. The Balaban J connectivity index is 1.57. The molecular weight excluding hydrogens is 278 g/mol. The predicted molar refractivity (Wildman–Crippen MR) is 87.5 cm³/mol. The Morgan fingerprint density at radius 1 is 1.18 bits per heavy atom. The van der Waals surface area contributed by atoms with E-state index in [0.717, 1.165) is 18.2 Å². The summed E-state index contributed by atoms with van der Waals surface area (Å²) in [4.78, 5) is 17.5. The molecule has 5 heteroatoms. The van der Waals surface area contributed by atoms with Gasteiger partial charge in [0.25, 0.3) is 5.69 Å². The first kappa shape index (κ1) is 15.2. The molecule has 0 amide bonds. The number of rotatable bonds is 4. The van der Waals surface area contributed by atoms with Crippen molar-refractivity contribution < 1.29 is 4.92 Å². The van der Waals surface area contributed by atoms with Crippen molar-refractivity contribution in [2.45, 2.75) is 38.1 Å². The second-order valence-corrected chi connectivity index (χ2v) is 6.34. The van der Waals surface area contributed by atoms with Crippen LogP contribution in [0.2, 0.25) is 0 Å². The van der Waals surface area contributed by atoms with Gasteiger partial charge in [0.05, 0.1) is 4.92 Å². The van der Waals surface area contributed by atoms with Crippen molar-refractivity contribution in [3.8, 4) is 0 Å². The Bertz CT molecular complexity index is 539. The van der Waals surface area contributed by atoms with Gasteiger partial charge in [-0.1, -0.05) is 6.42 Å². The zero-order valence-corrected chi connectivity index (χ0v) is 12.9. The van der Waals surface area contributed by atoms with Crippen molar-refractivity contribution in [1.82, 2.24) is 4.90 Å². The van der Waals surface area contributed by atoms with Crippen LogP contribution in [0.5, 0.6) is 0 Å². The van der Waals surface area contributed by atoms with Gasteiger partial charge in [-0.15, -0.1) is 0 Å². The van der Waals surface area contributed by atoms with Crippen molar-refractivity contribution in [2.24, 2.45) is 10.9 Å². The van der Waals surface area contributed by atoms with Crippen LogP contribution in [0, 0.1) is 16.0 Å². The van der Waals surface area contributed by atoms with Crippen LogP contribution in [-0.2, 0) is 0 Å². The lowest BCUT2D eigenvalue weighted by molar-refractivity contribution is -0.384. The standard InChI is InChI=1S/C17H23N3O2/c21-20(22)16-8-6-14(7-9-16)12-18-13-15-4-3-11-19-10-2-1-5-17(15)19/h6-9,12,15,17H,1-5,10-11,13H2/t15-,17+/m0/s1. The van der Waals surface area contributed by atoms with E-state index < -0.39 is 0 Å². The average Bonchev–Trinajstić information content (AvgIpc) is 2.55. The fourth-order valence-corrected chi connectivity index (χ4v) is 3.77. The van der Waals surface area contributed by atoms with Gasteiger partial charge in [-0.2, -0.15) is 0 Å². The van der Waals surface area contributed by atoms with E-state index in [1.165, 1.54) is 57.3 Å². The van der Waals surface area contributed by atoms with E-state index in [-0.39, 0.29) is 10.6 Å². The van der Waals surface area contributed by atoms with Crippen LogP contribution in [0.15, 0.2) is 29.3 Å². The lowest BCUT2D eigenvalue weighted by Crippen LogP contribution is -2.48. The third kappa shape index (κ3) is 3.53. The summed E-state index contributed by atoms with van der Waals surface area (Å²) in [5, 5.41) is 10.6. The first-order valence-electron chi connectivity index (χ1n) is 8.22. The number of non-ortho nitro benzene ring substituents is 1. The molecule has 22 heavy (non-hydrogen) atoms. The minimum atomic E-state index is -0.374. The van der Waals surface area contributed by atoms with Crippen molar-refractivity contribution in [3.63, 3.8) is 0 Å². The van der Waals surface area contributed by atoms with Crippen LogP contribution < -0.4 is 0 Å². The predicted octanol–water partition coefficient (Wildman–Crippen LogP) is 3.28. The number of nitro groups is 1. The molecule has 0 radical (unpaired) electrons. The summed E-state index contributed by atoms with van der Waals surface area (Å²) in [7, 11) is 0. The number of nitro benzene ring substituents is 1. The number of nitrogens with zero attached hydrogens (tertiary/aromatic N) is 3. The van der Waals surface area contributed by atoms with Crippen LogP contribution in [0.25, 0.3) is 0 Å². The summed E-state index contributed by atoms with van der Waals surface area (Å²) in [6.07, 6.45) is 8.43. The van der Waals surface area contributed by atoms with E-state index in [2.05, 4.69) is 9.89 Å². The fourth-order valence-electron chi connectivity index (χ4n) is 3.77. The first-order valence-corrected chi connectivity index (χ1v) is 8.22. The van der Waals surface area contributed by atoms with E-state index in [1.807, 2.05) is 6.21 Å². The summed E-state index contributed by atoms with van der Waals surface area (Å²) in [6, 6.07) is 7.30. The van der Waals surface area contributed by atoms with Crippen molar-refractivity contribution in [2.75, 3.05) is 19.6 Å². The highest BCUT2D eigenvalue weighted by Crippen LogP contribution is 2.30. The molecule has 2 aliphatic rings. The van der Waals surface area contributed by atoms with E-state index >= 15 is 0 Å². The molecule has 2 fully saturated rings. The summed E-state index contributed by atoms with van der Waals surface area (Å²) in [6.45, 7) is 3.39. The van der Waals surface area contributed by atoms with Crippen molar-refractivity contribution >= 4 is 11.9 Å². The van der Waals surface area contributed by atoms with Gasteiger partial charge in [-0.25, -0.2) is 0 Å². The zero-order valence-electron chi connectivity index (χ0n) is 12.9. The maximum absolute atomic E-state index is 10.6. The maximum Gasteiger partial charge on any atom is 0.269 e. The van der Waals surface area contributed by atoms with Crippen LogP contribution in [0.3, 0.4) is 0 Å². The minimum absolute atomic E-state index is 0.127. The highest BCUT2D eigenvalue weighted by molar-refractivity contribution is 5.79. The van der Waals surface area contributed by atoms with Gasteiger partial charge in [0.1, 0.15) is 0 Å². The molecule has 2 saturated heterocycles. The Morgan fingerprint density at radius 3 is 2.73 bits per heavy atom. The van der Waals surface area contributed by atoms with Crippen LogP contribution in [-0.4, -0.2) is 41.7 Å². The molecule has 0 aliphatic carbocycles. The second kappa shape index (κ2) is 7.01. The Labute approximate surface area is 131 Å². The first-order chi connectivity index (χ1) is 10.7. The molecule has 5 nitrogen and oxygen atoms in total. The maximum atomic E-state index is 10.6. The average molecular weight is 301 g/mol. The fraction of sp³-hybridized carbons (Fsp3) is 0.588. The number of hydrogen-bond donors (Lipinski definition) is 0. The summed E-state index contributed by atoms with van der Waals surface area (Å²) in [5.74, 6) is 0.670. The molecule has 1 aromatic rings. The molecule has 0 saturated carbocycles. The molecule has 0 bridgehead atoms. The highest BCUT2D eigenvalue weighted by Gasteiger charge is 2.32. The van der Waals surface area contributed by atoms with E-state index in [0.29, 0.717) is 5.92 Å². The van der Waals surface area contributed by atoms with Gasteiger partial charge < -0.3 is 4.90 Å². The van der Waals surface area contributed by atoms with Crippen LogP contribution in [0.1, 0.15) is 37.7 Å². The lowest BCUT2D eigenvalue weighted by Gasteiger charge is -2.43. The lowest BCUT2D eigenvalue weighted by atomic mass is 9.83. The van der Waals surface area contributed by atoms with Gasteiger partial charge in [-0.3, -0.25) is 15.1 Å². The SMILES string of the molecule is O=[N+]([O-])c1ccc(C=NC[C@@H]2CCCN3CCCC[C@H]23)cc1. The monoisotopic (exact) mass is 301 g/mol. The molecule has 1 aromatic carbocycles. The summed E-state index contributed by atoms with van der Waals surface area (Å²) in [5.41, 5.74) is 1.06. The molecule has 2 aliphatic heterocycles. The normalized spacial score (nSPS) is 26.0. The molecule has 2 atom stereocenters. The molecule has 3 rings (SSSR count). The number of piperidine rings is 2. The van der Waals surface area contributed by atoms with E-state index in [9.17, 15) is 10.1 Å². The van der Waals surface area contributed by atoms with Crippen molar-refractivity contribution in [1.29, 1.82) is 0 Å². The van der Waals surface area contributed by atoms with E-state index in [1.54, 1.807) is 12.1 Å². The smallest absolute Gasteiger partial charge is 0.269 e. The zero-order chi connectivity index (χ0) is 15.4. The molecule has 0 spiro atoms. The number of fused-ring (bicyclic) bond motifs is 1. The van der Waals surface area contributed by atoms with E-state index in [4.69, 9.17) is 0 Å². The molecule has 2 heterocycles. The largest absolute Gasteiger partial charge is 0.300 e. The molecule has 118 valence electrons. The summed E-state index contributed by atoms with van der Waals surface area (Å²) >= 11 is 0. The number of benzene rings is 1. The molecule has 0 unspecified atom stereocenters. The molecule has 0 aromatic heterocycles. The number of aliphatic imine (C=N–C) groups is 1. The Morgan fingerprint density at radius 2 is 1.95 bits per heavy atom. The van der Waals surface area contributed by atoms with Crippen molar-refractivity contribution in [3.05, 3.63) is 39.9 Å². The van der Waals surface area contributed by atoms with Gasteiger partial charge in [0.15, 0.2) is 0 Å². The Kier molecular flexibility index (Phi) is 4.83. The van der Waals surface area contributed by atoms with Crippen LogP contribution in [0.4, 0.5) is 5.69 Å². The molecular formula is C17H23N3O2. The van der Waals surface area contributed by atoms with Gasteiger partial charge in [0, 0.05) is 30.9 Å². The highest BCUT2D eigenvalue weighted by atomic mass is 16.6. The number of hydrogen-bond acceptors (Lipinski definition) is 4.